The second-order valence-corrected chi connectivity index (χ2v) is 15.9. The van der Waals surface area contributed by atoms with Crippen LogP contribution in [0.25, 0.3) is 92.2 Å². The SMILES string of the molecule is CC1(C)c2ccccc2-c2cc3c(cc21)c1ccccc1n3-c1cccc2sc3c(-c4ccc(-c5ccc(-c6ccccc6)cc5)cc4)cccc3c12. The van der Waals surface area contributed by atoms with Crippen LogP contribution < -0.4 is 0 Å². The molecule has 2 heterocycles. The Morgan fingerprint density at radius 3 is 1.79 bits per heavy atom. The van der Waals surface area contributed by atoms with Gasteiger partial charge in [-0.05, 0) is 86.0 Å². The van der Waals surface area contributed by atoms with Crippen LogP contribution in [-0.2, 0) is 5.41 Å². The summed E-state index contributed by atoms with van der Waals surface area (Å²) in [6, 6.07) is 65.1. The lowest BCUT2D eigenvalue weighted by Crippen LogP contribution is -2.14. The second kappa shape index (κ2) is 11.4. The van der Waals surface area contributed by atoms with Gasteiger partial charge in [-0.1, -0.05) is 159 Å². The van der Waals surface area contributed by atoms with Crippen molar-refractivity contribution in [2.24, 2.45) is 0 Å². The first-order valence-electron chi connectivity index (χ1n) is 18.4. The van der Waals surface area contributed by atoms with Crippen molar-refractivity contribution in [2.75, 3.05) is 0 Å². The van der Waals surface area contributed by atoms with Crippen molar-refractivity contribution >= 4 is 53.3 Å². The van der Waals surface area contributed by atoms with Crippen molar-refractivity contribution in [3.05, 3.63) is 187 Å². The van der Waals surface area contributed by atoms with Crippen LogP contribution in [0.15, 0.2) is 176 Å². The van der Waals surface area contributed by atoms with Crippen LogP contribution >= 0.6 is 11.3 Å². The summed E-state index contributed by atoms with van der Waals surface area (Å²) in [5.74, 6) is 0. The van der Waals surface area contributed by atoms with Crippen LogP contribution in [0.1, 0.15) is 25.0 Å². The van der Waals surface area contributed by atoms with Gasteiger partial charge in [0.05, 0.1) is 16.7 Å². The quantitative estimate of drug-likeness (QED) is 0.173. The van der Waals surface area contributed by atoms with Crippen molar-refractivity contribution in [1.29, 1.82) is 0 Å². The Balaban J connectivity index is 1.06. The minimum Gasteiger partial charge on any atom is -0.309 e. The highest BCUT2D eigenvalue weighted by Crippen LogP contribution is 2.51. The van der Waals surface area contributed by atoms with Crippen LogP contribution in [0.4, 0.5) is 0 Å². The highest BCUT2D eigenvalue weighted by molar-refractivity contribution is 7.26. The molecule has 0 aliphatic heterocycles. The third kappa shape index (κ3) is 4.49. The van der Waals surface area contributed by atoms with Gasteiger partial charge in [-0.15, -0.1) is 11.3 Å². The largest absolute Gasteiger partial charge is 0.309 e. The molecule has 2 aromatic heterocycles. The fourth-order valence-corrected chi connectivity index (χ4v) is 10.3. The maximum absolute atomic E-state index is 2.53. The molecule has 53 heavy (non-hydrogen) atoms. The minimum absolute atomic E-state index is 0.0471. The van der Waals surface area contributed by atoms with Crippen molar-refractivity contribution in [1.82, 2.24) is 4.57 Å². The fraction of sp³-hybridized carbons (Fsp3) is 0.0588. The number of fused-ring (bicyclic) bond motifs is 9. The monoisotopic (exact) mass is 693 g/mol. The zero-order valence-corrected chi connectivity index (χ0v) is 30.4. The van der Waals surface area contributed by atoms with Gasteiger partial charge < -0.3 is 4.57 Å². The van der Waals surface area contributed by atoms with E-state index in [0.717, 1.165) is 0 Å². The van der Waals surface area contributed by atoms with Gasteiger partial charge in [0.15, 0.2) is 0 Å². The summed E-state index contributed by atoms with van der Waals surface area (Å²) in [5, 5.41) is 5.22. The van der Waals surface area contributed by atoms with Crippen LogP contribution in [0.2, 0.25) is 0 Å². The molecule has 1 aliphatic carbocycles. The van der Waals surface area contributed by atoms with Crippen molar-refractivity contribution in [2.45, 2.75) is 19.3 Å². The molecule has 250 valence electrons. The molecule has 0 unspecified atom stereocenters. The first kappa shape index (κ1) is 30.4. The van der Waals surface area contributed by atoms with Gasteiger partial charge in [0.1, 0.15) is 0 Å². The van der Waals surface area contributed by atoms with E-state index in [1.807, 2.05) is 11.3 Å². The van der Waals surface area contributed by atoms with Gasteiger partial charge in [0.2, 0.25) is 0 Å². The third-order valence-corrected chi connectivity index (χ3v) is 12.8. The molecule has 8 aromatic carbocycles. The first-order valence-corrected chi connectivity index (χ1v) is 19.2. The lowest BCUT2D eigenvalue weighted by atomic mass is 9.82. The molecule has 10 aromatic rings. The Bertz CT molecular complexity index is 3050. The molecule has 0 fully saturated rings. The molecule has 0 atom stereocenters. The number of aromatic nitrogens is 1. The topological polar surface area (TPSA) is 4.93 Å². The molecule has 0 spiro atoms. The summed E-state index contributed by atoms with van der Waals surface area (Å²) in [4.78, 5) is 0. The van der Waals surface area contributed by atoms with Gasteiger partial charge in [-0.25, -0.2) is 0 Å². The van der Waals surface area contributed by atoms with E-state index in [-0.39, 0.29) is 5.41 Å². The van der Waals surface area contributed by atoms with E-state index in [1.165, 1.54) is 103 Å². The Hall–Kier alpha value is -6.22. The molecule has 0 saturated carbocycles. The molecule has 0 N–H and O–H groups in total. The summed E-state index contributed by atoms with van der Waals surface area (Å²) in [5.41, 5.74) is 16.7. The Morgan fingerprint density at radius 1 is 0.415 bits per heavy atom. The summed E-state index contributed by atoms with van der Waals surface area (Å²) in [6.45, 7) is 4.74. The summed E-state index contributed by atoms with van der Waals surface area (Å²) >= 11 is 1.90. The highest BCUT2D eigenvalue weighted by atomic mass is 32.1. The normalized spacial score (nSPS) is 13.2. The predicted molar refractivity (Wildman–Crippen MR) is 228 cm³/mol. The number of para-hydroxylation sites is 1. The number of hydrogen-bond acceptors (Lipinski definition) is 1. The van der Waals surface area contributed by atoms with E-state index in [0.29, 0.717) is 0 Å². The molecule has 0 bridgehead atoms. The average molecular weight is 694 g/mol. The zero-order chi connectivity index (χ0) is 35.3. The predicted octanol–water partition coefficient (Wildman–Crippen LogP) is 14.5. The molecule has 0 saturated heterocycles. The lowest BCUT2D eigenvalue weighted by molar-refractivity contribution is 0.661. The first-order chi connectivity index (χ1) is 26.0. The second-order valence-electron chi connectivity index (χ2n) is 14.9. The van der Waals surface area contributed by atoms with Crippen molar-refractivity contribution < 1.29 is 0 Å². The Labute approximate surface area is 313 Å². The Morgan fingerprint density at radius 2 is 1.02 bits per heavy atom. The molecule has 0 radical (unpaired) electrons. The summed E-state index contributed by atoms with van der Waals surface area (Å²) in [6.07, 6.45) is 0. The third-order valence-electron chi connectivity index (χ3n) is 11.6. The van der Waals surface area contributed by atoms with E-state index < -0.39 is 0 Å². The number of rotatable bonds is 4. The van der Waals surface area contributed by atoms with Crippen LogP contribution in [0.5, 0.6) is 0 Å². The maximum Gasteiger partial charge on any atom is 0.0555 e. The smallest absolute Gasteiger partial charge is 0.0555 e. The number of thiophene rings is 1. The van der Waals surface area contributed by atoms with Gasteiger partial charge in [-0.3, -0.25) is 0 Å². The lowest BCUT2D eigenvalue weighted by Gasteiger charge is -2.21. The highest BCUT2D eigenvalue weighted by Gasteiger charge is 2.36. The van der Waals surface area contributed by atoms with Gasteiger partial charge >= 0.3 is 0 Å². The van der Waals surface area contributed by atoms with Crippen LogP contribution in [-0.4, -0.2) is 4.57 Å². The van der Waals surface area contributed by atoms with E-state index in [1.54, 1.807) is 0 Å². The van der Waals surface area contributed by atoms with E-state index in [9.17, 15) is 0 Å². The zero-order valence-electron chi connectivity index (χ0n) is 29.6. The summed E-state index contributed by atoms with van der Waals surface area (Å²) in [7, 11) is 0. The number of benzene rings is 8. The molecule has 11 rings (SSSR count). The molecule has 2 heteroatoms. The molecule has 0 amide bonds. The van der Waals surface area contributed by atoms with Crippen molar-refractivity contribution in [3.8, 4) is 50.2 Å². The van der Waals surface area contributed by atoms with E-state index >= 15 is 0 Å². The number of hydrogen-bond donors (Lipinski definition) is 0. The Kier molecular flexibility index (Phi) is 6.53. The summed E-state index contributed by atoms with van der Waals surface area (Å²) < 4.78 is 5.16. The van der Waals surface area contributed by atoms with Crippen LogP contribution in [0, 0.1) is 0 Å². The maximum atomic E-state index is 2.53. The van der Waals surface area contributed by atoms with Gasteiger partial charge in [0.25, 0.3) is 0 Å². The van der Waals surface area contributed by atoms with Gasteiger partial charge in [0, 0.05) is 36.4 Å². The standard InChI is InChI=1S/C51H35NS/c1-51(2)43-18-8-6-14-38(43)41-31-47-42(30-44(41)51)39-15-7-9-19-45(39)52(47)46-20-11-21-48-49(46)40-17-10-16-37(50(40)53-48)36-28-26-35(27-29-36)34-24-22-33(23-25-34)32-12-4-3-5-13-32/h3-31H,1-2H3. The number of nitrogens with zero attached hydrogens (tertiary/aromatic N) is 1. The van der Waals surface area contributed by atoms with Gasteiger partial charge in [-0.2, -0.15) is 0 Å². The van der Waals surface area contributed by atoms with Crippen molar-refractivity contribution in [3.63, 3.8) is 0 Å². The molecular formula is C51H35NS. The molecular weight excluding hydrogens is 659 g/mol. The van der Waals surface area contributed by atoms with E-state index in [4.69, 9.17) is 0 Å². The molecule has 1 nitrogen and oxygen atoms in total. The average Bonchev–Trinajstić information content (AvgIpc) is 3.83. The van der Waals surface area contributed by atoms with E-state index in [2.05, 4.69) is 194 Å². The molecule has 1 aliphatic rings. The van der Waals surface area contributed by atoms with Crippen LogP contribution in [0.3, 0.4) is 0 Å². The fourth-order valence-electron chi connectivity index (χ4n) is 8.99. The minimum atomic E-state index is -0.0471.